The smallest absolute Gasteiger partial charge is 0.261 e. The molecule has 31 heavy (non-hydrogen) atoms. The Bertz CT molecular complexity index is 1200. The Kier molecular flexibility index (Phi) is 4.78. The number of nitrogens with zero attached hydrogens (tertiary/aromatic N) is 2. The lowest BCUT2D eigenvalue weighted by atomic mass is 9.85. The van der Waals surface area contributed by atoms with E-state index in [0.29, 0.717) is 34.8 Å². The van der Waals surface area contributed by atoms with Crippen LogP contribution in [-0.4, -0.2) is 28.6 Å². The van der Waals surface area contributed by atoms with Crippen molar-refractivity contribution in [2.24, 2.45) is 0 Å². The normalized spacial score (nSPS) is 17.5. The first-order chi connectivity index (χ1) is 15.2. The molecule has 1 amide bonds. The molecule has 0 bridgehead atoms. The third-order valence-electron chi connectivity index (χ3n) is 5.75. The first-order valence-corrected chi connectivity index (χ1v) is 10.3. The molecule has 0 saturated carbocycles. The van der Waals surface area contributed by atoms with E-state index in [1.807, 2.05) is 54.6 Å². The number of para-hydroxylation sites is 2. The van der Waals surface area contributed by atoms with Crippen LogP contribution in [0.1, 0.15) is 41.2 Å². The van der Waals surface area contributed by atoms with Crippen LogP contribution < -0.4 is 15.4 Å². The topological polar surface area (TPSA) is 85.2 Å². The number of hydrogen-bond acceptors (Lipinski definition) is 5. The number of benzene rings is 2. The molecular weight excluding hydrogens is 392 g/mol. The van der Waals surface area contributed by atoms with Gasteiger partial charge in [-0.15, -0.1) is 0 Å². The number of hydrogen-bond donors (Lipinski definition) is 2. The number of methoxy groups -OCH3 is 1. The lowest BCUT2D eigenvalue weighted by Crippen LogP contribution is -2.32. The molecule has 0 radical (unpaired) electrons. The average Bonchev–Trinajstić information content (AvgIpc) is 3.22. The van der Waals surface area contributed by atoms with E-state index in [1.165, 1.54) is 0 Å². The Morgan fingerprint density at radius 3 is 2.71 bits per heavy atom. The van der Waals surface area contributed by atoms with Crippen LogP contribution in [0.15, 0.2) is 72.1 Å². The van der Waals surface area contributed by atoms with Crippen LogP contribution in [-0.2, 0) is 4.79 Å². The summed E-state index contributed by atoms with van der Waals surface area (Å²) >= 11 is 0. The van der Waals surface area contributed by atoms with Gasteiger partial charge in [-0.2, -0.15) is 5.10 Å². The molecule has 1 aromatic heterocycles. The van der Waals surface area contributed by atoms with E-state index >= 15 is 0 Å². The second-order valence-corrected chi connectivity index (χ2v) is 7.61. The van der Waals surface area contributed by atoms with Crippen molar-refractivity contribution in [2.45, 2.75) is 25.3 Å². The summed E-state index contributed by atoms with van der Waals surface area (Å²) in [5, 5.41) is 10.8. The van der Waals surface area contributed by atoms with E-state index in [-0.39, 0.29) is 11.7 Å². The third-order valence-corrected chi connectivity index (χ3v) is 5.75. The van der Waals surface area contributed by atoms with Gasteiger partial charge in [0.15, 0.2) is 5.78 Å². The van der Waals surface area contributed by atoms with Gasteiger partial charge >= 0.3 is 0 Å². The Hall–Kier alpha value is -3.87. The molecule has 2 N–H and O–H groups in total. The summed E-state index contributed by atoms with van der Waals surface area (Å²) in [6.07, 6.45) is 3.58. The van der Waals surface area contributed by atoms with Crippen LogP contribution in [0, 0.1) is 0 Å². The highest BCUT2D eigenvalue weighted by atomic mass is 16.5. The molecule has 5 rings (SSSR count). The molecule has 2 heterocycles. The Morgan fingerprint density at radius 1 is 1.13 bits per heavy atom. The highest BCUT2D eigenvalue weighted by molar-refractivity contribution is 6.08. The van der Waals surface area contributed by atoms with Gasteiger partial charge in [0.25, 0.3) is 5.91 Å². The minimum absolute atomic E-state index is 0.0982. The van der Waals surface area contributed by atoms with Gasteiger partial charge in [-0.25, -0.2) is 4.68 Å². The van der Waals surface area contributed by atoms with E-state index in [0.717, 1.165) is 24.1 Å². The fourth-order valence-corrected chi connectivity index (χ4v) is 4.32. The molecular formula is C24H22N4O3. The molecule has 2 aromatic carbocycles. The molecule has 1 aliphatic heterocycles. The maximum absolute atomic E-state index is 13.0. The molecule has 7 heteroatoms. The fourth-order valence-electron chi connectivity index (χ4n) is 4.32. The van der Waals surface area contributed by atoms with Gasteiger partial charge in [0, 0.05) is 28.9 Å². The number of ketones is 1. The maximum atomic E-state index is 13.0. The number of amides is 1. The Morgan fingerprint density at radius 2 is 1.90 bits per heavy atom. The summed E-state index contributed by atoms with van der Waals surface area (Å²) < 4.78 is 7.31. The number of fused-ring (bicyclic) bond motifs is 1. The van der Waals surface area contributed by atoms with E-state index in [9.17, 15) is 9.59 Å². The van der Waals surface area contributed by atoms with Gasteiger partial charge in [0.1, 0.15) is 23.2 Å². The zero-order chi connectivity index (χ0) is 21.4. The molecule has 1 aliphatic carbocycles. The number of allylic oxidation sites excluding steroid dienone is 2. The summed E-state index contributed by atoms with van der Waals surface area (Å²) in [5.74, 6) is 1.10. The van der Waals surface area contributed by atoms with Crippen LogP contribution in [0.25, 0.3) is 0 Å². The standard InChI is InChI=1S/C24H22N4O3/c1-31-20-13-6-5-10-16(20)22-21-18(11-7-12-19(21)29)27-23-17(14-25-28(22)23)24(30)26-15-8-3-2-4-9-15/h2-6,8-10,13-14,22,27H,7,11-12H2,1H3,(H,26,30)/t22-/m1/s1. The second kappa shape index (κ2) is 7.75. The van der Waals surface area contributed by atoms with E-state index in [2.05, 4.69) is 15.7 Å². The monoisotopic (exact) mass is 414 g/mol. The summed E-state index contributed by atoms with van der Waals surface area (Å²) in [6.45, 7) is 0. The van der Waals surface area contributed by atoms with Crippen LogP contribution in [0.4, 0.5) is 11.5 Å². The number of aromatic nitrogens is 2. The molecule has 0 saturated heterocycles. The van der Waals surface area contributed by atoms with Gasteiger partial charge in [-0.1, -0.05) is 36.4 Å². The van der Waals surface area contributed by atoms with Gasteiger partial charge in [-0.05, 0) is 31.0 Å². The van der Waals surface area contributed by atoms with Crippen LogP contribution in [0.3, 0.4) is 0 Å². The third kappa shape index (κ3) is 3.28. The molecule has 156 valence electrons. The molecule has 1 atom stereocenters. The molecule has 0 spiro atoms. The summed E-state index contributed by atoms with van der Waals surface area (Å²) in [7, 11) is 1.61. The van der Waals surface area contributed by atoms with Crippen molar-refractivity contribution in [3.8, 4) is 5.75 Å². The second-order valence-electron chi connectivity index (χ2n) is 7.61. The van der Waals surface area contributed by atoms with Crippen molar-refractivity contribution >= 4 is 23.2 Å². The van der Waals surface area contributed by atoms with Crippen LogP contribution >= 0.6 is 0 Å². The maximum Gasteiger partial charge on any atom is 0.261 e. The highest BCUT2D eigenvalue weighted by Crippen LogP contribution is 2.43. The predicted molar refractivity (Wildman–Crippen MR) is 117 cm³/mol. The SMILES string of the molecule is COc1ccccc1[C@@H]1C2=C(CCCC2=O)Nc2c(C(=O)Nc3ccccc3)cnn21. The Labute approximate surface area is 179 Å². The molecule has 7 nitrogen and oxygen atoms in total. The van der Waals surface area contributed by atoms with Crippen molar-refractivity contribution < 1.29 is 14.3 Å². The number of anilines is 2. The zero-order valence-corrected chi connectivity index (χ0v) is 17.1. The number of nitrogens with one attached hydrogen (secondary N) is 2. The number of carbonyl (C=O) groups is 2. The molecule has 0 unspecified atom stereocenters. The van der Waals surface area contributed by atoms with E-state index in [1.54, 1.807) is 18.0 Å². The predicted octanol–water partition coefficient (Wildman–Crippen LogP) is 4.17. The van der Waals surface area contributed by atoms with Crippen molar-refractivity contribution in [1.82, 2.24) is 9.78 Å². The van der Waals surface area contributed by atoms with Crippen molar-refractivity contribution in [3.63, 3.8) is 0 Å². The molecule has 3 aromatic rings. The van der Waals surface area contributed by atoms with Crippen molar-refractivity contribution in [1.29, 1.82) is 0 Å². The number of Topliss-reactive ketones (excluding diaryl/α,β-unsaturated/α-hetero) is 1. The van der Waals surface area contributed by atoms with Crippen molar-refractivity contribution in [2.75, 3.05) is 17.7 Å². The van der Waals surface area contributed by atoms with Gasteiger partial charge in [0.2, 0.25) is 0 Å². The zero-order valence-electron chi connectivity index (χ0n) is 17.1. The average molecular weight is 414 g/mol. The van der Waals surface area contributed by atoms with Crippen LogP contribution in [0.2, 0.25) is 0 Å². The van der Waals surface area contributed by atoms with Gasteiger partial charge in [0.05, 0.1) is 13.3 Å². The highest BCUT2D eigenvalue weighted by Gasteiger charge is 2.38. The molecule has 0 fully saturated rings. The first kappa shape index (κ1) is 19.1. The summed E-state index contributed by atoms with van der Waals surface area (Å²) in [6, 6.07) is 16.5. The quantitative estimate of drug-likeness (QED) is 0.669. The number of rotatable bonds is 4. The minimum atomic E-state index is -0.450. The van der Waals surface area contributed by atoms with Gasteiger partial charge < -0.3 is 15.4 Å². The lowest BCUT2D eigenvalue weighted by molar-refractivity contribution is -0.116. The van der Waals surface area contributed by atoms with E-state index < -0.39 is 6.04 Å². The fraction of sp³-hybridized carbons (Fsp3) is 0.208. The first-order valence-electron chi connectivity index (χ1n) is 10.3. The molecule has 2 aliphatic rings. The summed E-state index contributed by atoms with van der Waals surface area (Å²) in [4.78, 5) is 26.0. The lowest BCUT2D eigenvalue weighted by Gasteiger charge is -2.34. The van der Waals surface area contributed by atoms with Crippen molar-refractivity contribution in [3.05, 3.63) is 83.2 Å². The number of ether oxygens (including phenoxy) is 1. The minimum Gasteiger partial charge on any atom is -0.496 e. The summed E-state index contributed by atoms with van der Waals surface area (Å²) in [5.41, 5.74) is 3.52. The van der Waals surface area contributed by atoms with Gasteiger partial charge in [-0.3, -0.25) is 9.59 Å². The largest absolute Gasteiger partial charge is 0.496 e. The Balaban J connectivity index is 1.61. The number of carbonyl (C=O) groups excluding carboxylic acids is 2. The van der Waals surface area contributed by atoms with Crippen LogP contribution in [0.5, 0.6) is 5.75 Å². The van der Waals surface area contributed by atoms with E-state index in [4.69, 9.17) is 4.74 Å².